The minimum atomic E-state index is -0.963. The summed E-state index contributed by atoms with van der Waals surface area (Å²) < 4.78 is 10.1. The number of carbonyl (C=O) groups is 5. The van der Waals surface area contributed by atoms with E-state index in [0.717, 1.165) is 31.2 Å². The molecular formula is C28H40N4O7. The molecule has 0 spiro atoms. The van der Waals surface area contributed by atoms with E-state index in [2.05, 4.69) is 15.4 Å². The third-order valence-corrected chi connectivity index (χ3v) is 7.33. The van der Waals surface area contributed by atoms with Gasteiger partial charge in [-0.3, -0.25) is 14.4 Å². The molecule has 0 aromatic heterocycles. The molecule has 2 aliphatic rings. The number of hydrogen-bond donors (Lipinski definition) is 2. The van der Waals surface area contributed by atoms with Crippen molar-refractivity contribution in [2.24, 2.45) is 11.8 Å². The van der Waals surface area contributed by atoms with Crippen molar-refractivity contribution in [2.75, 3.05) is 39.8 Å². The minimum absolute atomic E-state index is 0.0304. The summed E-state index contributed by atoms with van der Waals surface area (Å²) in [6.07, 6.45) is 3.88. The number of likely N-dealkylation sites (tertiary alicyclic amines) is 2. The van der Waals surface area contributed by atoms with Gasteiger partial charge in [-0.1, -0.05) is 30.3 Å². The van der Waals surface area contributed by atoms with Gasteiger partial charge >= 0.3 is 12.1 Å². The molecule has 11 nitrogen and oxygen atoms in total. The molecule has 1 aromatic rings. The molecule has 4 amide bonds. The number of amides is 4. The summed E-state index contributed by atoms with van der Waals surface area (Å²) in [7, 11) is 1.22. The van der Waals surface area contributed by atoms with Gasteiger partial charge in [-0.15, -0.1) is 0 Å². The fourth-order valence-electron chi connectivity index (χ4n) is 5.05. The number of esters is 1. The standard InChI is InChI=1S/C28H40N4O7/c1-20(33)30-24(27(36)38-2)17-29-26(35)23-9-6-14-32(18-23)25(34)11-10-21-12-15-31(16-13-21)28(37)39-19-22-7-4-3-5-8-22/h3-5,7-8,21,23-24H,6,9-19H2,1-2H3,(H,29,35)(H,30,33)/t23-,24-/m1/s1. The normalized spacial score (nSPS) is 18.6. The largest absolute Gasteiger partial charge is 0.467 e. The van der Waals surface area contributed by atoms with Gasteiger partial charge in [-0.25, -0.2) is 9.59 Å². The highest BCUT2D eigenvalue weighted by Gasteiger charge is 2.30. The van der Waals surface area contributed by atoms with Gasteiger partial charge in [0.15, 0.2) is 0 Å². The topological polar surface area (TPSA) is 134 Å². The first-order valence-corrected chi connectivity index (χ1v) is 13.6. The van der Waals surface area contributed by atoms with E-state index in [-0.39, 0.29) is 37.0 Å². The Hall–Kier alpha value is -3.63. The molecule has 0 aliphatic carbocycles. The Kier molecular flexibility index (Phi) is 11.6. The SMILES string of the molecule is COC(=O)[C@@H](CNC(=O)[C@@H]1CCCN(C(=O)CCC2CCN(C(=O)OCc3ccccc3)CC2)C1)NC(C)=O. The maximum absolute atomic E-state index is 12.9. The van der Waals surface area contributed by atoms with E-state index < -0.39 is 17.9 Å². The van der Waals surface area contributed by atoms with Crippen molar-refractivity contribution in [3.05, 3.63) is 35.9 Å². The summed E-state index contributed by atoms with van der Waals surface area (Å²) in [6.45, 7) is 3.64. The molecule has 2 atom stereocenters. The quantitative estimate of drug-likeness (QED) is 0.429. The maximum Gasteiger partial charge on any atom is 0.410 e. The molecule has 214 valence electrons. The van der Waals surface area contributed by atoms with Crippen molar-refractivity contribution in [3.8, 4) is 0 Å². The zero-order valence-electron chi connectivity index (χ0n) is 22.9. The van der Waals surface area contributed by atoms with Crippen molar-refractivity contribution in [1.29, 1.82) is 0 Å². The third kappa shape index (κ3) is 9.56. The summed E-state index contributed by atoms with van der Waals surface area (Å²) in [6, 6.07) is 8.61. The van der Waals surface area contributed by atoms with E-state index >= 15 is 0 Å². The molecule has 2 aliphatic heterocycles. The smallest absolute Gasteiger partial charge is 0.410 e. The molecule has 3 rings (SSSR count). The lowest BCUT2D eigenvalue weighted by Crippen LogP contribution is -2.51. The molecule has 2 heterocycles. The lowest BCUT2D eigenvalue weighted by molar-refractivity contribution is -0.145. The zero-order valence-corrected chi connectivity index (χ0v) is 22.9. The minimum Gasteiger partial charge on any atom is -0.467 e. The molecule has 2 saturated heterocycles. The molecule has 0 radical (unpaired) electrons. The average Bonchev–Trinajstić information content (AvgIpc) is 2.96. The monoisotopic (exact) mass is 544 g/mol. The van der Waals surface area contributed by atoms with Crippen LogP contribution >= 0.6 is 0 Å². The van der Waals surface area contributed by atoms with Gasteiger partial charge in [0.05, 0.1) is 13.0 Å². The van der Waals surface area contributed by atoms with Crippen LogP contribution in [0.4, 0.5) is 4.79 Å². The summed E-state index contributed by atoms with van der Waals surface area (Å²) in [4.78, 5) is 64.7. The first kappa shape index (κ1) is 29.9. The van der Waals surface area contributed by atoms with Crippen molar-refractivity contribution in [1.82, 2.24) is 20.4 Å². The molecular weight excluding hydrogens is 504 g/mol. The van der Waals surface area contributed by atoms with Crippen LogP contribution < -0.4 is 10.6 Å². The van der Waals surface area contributed by atoms with Gasteiger partial charge in [-0.2, -0.15) is 0 Å². The number of carbonyl (C=O) groups excluding carboxylic acids is 5. The number of nitrogens with zero attached hydrogens (tertiary/aromatic N) is 2. The molecule has 2 fully saturated rings. The molecule has 1 aromatic carbocycles. The summed E-state index contributed by atoms with van der Waals surface area (Å²) in [5.74, 6) is -1.27. The van der Waals surface area contributed by atoms with Crippen molar-refractivity contribution >= 4 is 29.8 Å². The van der Waals surface area contributed by atoms with Gasteiger partial charge in [-0.05, 0) is 43.6 Å². The van der Waals surface area contributed by atoms with Crippen LogP contribution in [-0.2, 0) is 35.3 Å². The van der Waals surface area contributed by atoms with Gasteiger partial charge in [0, 0.05) is 46.1 Å². The highest BCUT2D eigenvalue weighted by molar-refractivity contribution is 5.85. The number of benzene rings is 1. The molecule has 11 heteroatoms. The summed E-state index contributed by atoms with van der Waals surface area (Å²) in [5.41, 5.74) is 0.951. The Labute approximate surface area is 229 Å². The van der Waals surface area contributed by atoms with E-state index in [4.69, 9.17) is 4.74 Å². The van der Waals surface area contributed by atoms with E-state index in [9.17, 15) is 24.0 Å². The Morgan fingerprint density at radius 2 is 1.72 bits per heavy atom. The van der Waals surface area contributed by atoms with Crippen LogP contribution in [-0.4, -0.2) is 85.5 Å². The highest BCUT2D eigenvalue weighted by atomic mass is 16.6. The number of rotatable bonds is 10. The average molecular weight is 545 g/mol. The van der Waals surface area contributed by atoms with Gasteiger partial charge in [0.25, 0.3) is 0 Å². The lowest BCUT2D eigenvalue weighted by Gasteiger charge is -2.34. The molecule has 0 saturated carbocycles. The third-order valence-electron chi connectivity index (χ3n) is 7.33. The second-order valence-electron chi connectivity index (χ2n) is 10.2. The van der Waals surface area contributed by atoms with E-state index in [0.29, 0.717) is 44.9 Å². The number of ether oxygens (including phenoxy) is 2. The molecule has 2 N–H and O–H groups in total. The van der Waals surface area contributed by atoms with E-state index in [1.807, 2.05) is 30.3 Å². The van der Waals surface area contributed by atoms with Crippen LogP contribution in [0.1, 0.15) is 51.0 Å². The Bertz CT molecular complexity index is 995. The van der Waals surface area contributed by atoms with E-state index in [1.165, 1.54) is 14.0 Å². The Morgan fingerprint density at radius 3 is 2.38 bits per heavy atom. The predicted octanol–water partition coefficient (Wildman–Crippen LogP) is 1.85. The van der Waals surface area contributed by atoms with Crippen LogP contribution in [0.25, 0.3) is 0 Å². The number of piperidine rings is 2. The zero-order chi connectivity index (χ0) is 28.2. The fraction of sp³-hybridized carbons (Fsp3) is 0.607. The Balaban J connectivity index is 1.36. The molecule has 39 heavy (non-hydrogen) atoms. The highest BCUT2D eigenvalue weighted by Crippen LogP contribution is 2.24. The summed E-state index contributed by atoms with van der Waals surface area (Å²) in [5, 5.41) is 5.18. The van der Waals surface area contributed by atoms with Crippen LogP contribution in [0.3, 0.4) is 0 Å². The second kappa shape index (κ2) is 15.1. The van der Waals surface area contributed by atoms with Gasteiger partial charge in [0.1, 0.15) is 12.6 Å². The predicted molar refractivity (Wildman–Crippen MR) is 142 cm³/mol. The first-order valence-electron chi connectivity index (χ1n) is 13.6. The molecule has 0 unspecified atom stereocenters. The Morgan fingerprint density at radius 1 is 1.00 bits per heavy atom. The van der Waals surface area contributed by atoms with Crippen LogP contribution in [0, 0.1) is 11.8 Å². The van der Waals surface area contributed by atoms with Gasteiger partial charge in [0.2, 0.25) is 17.7 Å². The van der Waals surface area contributed by atoms with Crippen LogP contribution in [0.5, 0.6) is 0 Å². The second-order valence-corrected chi connectivity index (χ2v) is 10.2. The van der Waals surface area contributed by atoms with E-state index in [1.54, 1.807) is 9.80 Å². The van der Waals surface area contributed by atoms with Crippen LogP contribution in [0.2, 0.25) is 0 Å². The molecule has 0 bridgehead atoms. The first-order chi connectivity index (χ1) is 18.8. The number of nitrogens with one attached hydrogen (secondary N) is 2. The summed E-state index contributed by atoms with van der Waals surface area (Å²) >= 11 is 0. The maximum atomic E-state index is 12.9. The number of hydrogen-bond acceptors (Lipinski definition) is 7. The van der Waals surface area contributed by atoms with Crippen molar-refractivity contribution in [2.45, 2.75) is 58.1 Å². The van der Waals surface area contributed by atoms with Crippen molar-refractivity contribution < 1.29 is 33.4 Å². The number of methoxy groups -OCH3 is 1. The van der Waals surface area contributed by atoms with Crippen LogP contribution in [0.15, 0.2) is 30.3 Å². The van der Waals surface area contributed by atoms with Crippen molar-refractivity contribution in [3.63, 3.8) is 0 Å². The fourth-order valence-corrected chi connectivity index (χ4v) is 5.05. The lowest BCUT2D eigenvalue weighted by atomic mass is 9.91. The van der Waals surface area contributed by atoms with Gasteiger partial charge < -0.3 is 29.9 Å².